The van der Waals surface area contributed by atoms with E-state index in [4.69, 9.17) is 9.47 Å². The molecule has 10 nitrogen and oxygen atoms in total. The molecule has 4 aromatic rings. The number of hydrogen-bond acceptors (Lipinski definition) is 7. The number of amides is 1. The van der Waals surface area contributed by atoms with Crippen LogP contribution >= 0.6 is 0 Å². The molecule has 1 aromatic heterocycles. The number of para-hydroxylation sites is 1. The number of nitrogens with zero attached hydrogens (tertiary/aromatic N) is 2. The molecule has 1 aliphatic rings. The van der Waals surface area contributed by atoms with E-state index in [1.54, 1.807) is 12.1 Å². The Morgan fingerprint density at radius 1 is 1.11 bits per heavy atom. The van der Waals surface area contributed by atoms with Gasteiger partial charge in [-0.2, -0.15) is 17.0 Å². The molecule has 0 aliphatic carbocycles. The lowest BCUT2D eigenvalue weighted by Gasteiger charge is -2.31. The van der Waals surface area contributed by atoms with E-state index in [0.29, 0.717) is 23.0 Å². The number of aliphatic hydroxyl groups is 1. The Morgan fingerprint density at radius 3 is 2.70 bits per heavy atom. The van der Waals surface area contributed by atoms with Gasteiger partial charge in [0, 0.05) is 49.5 Å². The average Bonchev–Trinajstić information content (AvgIpc) is 3.25. The predicted molar refractivity (Wildman–Crippen MR) is 141 cm³/mol. The molecule has 3 aromatic carbocycles. The first-order chi connectivity index (χ1) is 17.8. The molecule has 1 atom stereocenters. The van der Waals surface area contributed by atoms with Gasteiger partial charge in [0.1, 0.15) is 23.8 Å². The molecule has 0 saturated carbocycles. The van der Waals surface area contributed by atoms with Crippen LogP contribution in [0.15, 0.2) is 60.7 Å². The molecular weight excluding hydrogens is 496 g/mol. The minimum Gasteiger partial charge on any atom is -0.492 e. The third-order valence-corrected chi connectivity index (χ3v) is 8.00. The van der Waals surface area contributed by atoms with Gasteiger partial charge in [0.25, 0.3) is 5.91 Å². The van der Waals surface area contributed by atoms with Gasteiger partial charge in [-0.05, 0) is 35.9 Å². The van der Waals surface area contributed by atoms with Crippen molar-refractivity contribution in [2.45, 2.75) is 6.10 Å². The maximum atomic E-state index is 12.7. The third-order valence-electron chi connectivity index (χ3n) is 6.22. The maximum absolute atomic E-state index is 12.7. The summed E-state index contributed by atoms with van der Waals surface area (Å²) >= 11 is 0. The van der Waals surface area contributed by atoms with E-state index in [9.17, 15) is 18.3 Å². The Bertz CT molecular complexity index is 1570. The third kappa shape index (κ3) is 4.86. The lowest BCUT2D eigenvalue weighted by molar-refractivity contribution is -0.120. The van der Waals surface area contributed by atoms with E-state index < -0.39 is 22.2 Å². The summed E-state index contributed by atoms with van der Waals surface area (Å²) in [6, 6.07) is 18.7. The monoisotopic (exact) mass is 524 g/mol. The van der Waals surface area contributed by atoms with Gasteiger partial charge in [0.2, 0.25) is 0 Å². The second-order valence-electron chi connectivity index (χ2n) is 8.91. The second-order valence-corrected chi connectivity index (χ2v) is 10.9. The summed E-state index contributed by atoms with van der Waals surface area (Å²) in [6.07, 6.45) is -0.936. The van der Waals surface area contributed by atoms with Gasteiger partial charge in [-0.15, -0.1) is 0 Å². The van der Waals surface area contributed by atoms with E-state index in [-0.39, 0.29) is 24.6 Å². The van der Waals surface area contributed by atoms with Crippen LogP contribution in [0.2, 0.25) is 0 Å². The van der Waals surface area contributed by atoms with Crippen LogP contribution in [0.25, 0.3) is 21.8 Å². The molecular formula is C26H28N4O6S. The molecule has 0 radical (unpaired) electrons. The number of hydrogen-bond donors (Lipinski definition) is 3. The smallest absolute Gasteiger partial charge is 0.310 e. The lowest BCUT2D eigenvalue weighted by atomic mass is 10.1. The van der Waals surface area contributed by atoms with Crippen LogP contribution in [-0.2, 0) is 15.0 Å². The molecule has 1 aliphatic heterocycles. The highest BCUT2D eigenvalue weighted by Gasteiger charge is 2.37. The zero-order valence-corrected chi connectivity index (χ0v) is 21.3. The Morgan fingerprint density at radius 2 is 1.89 bits per heavy atom. The Balaban J connectivity index is 1.19. The SMILES string of the molecule is CN(C)S(=O)(=O)N1C(=O)COc2ccc([C@@H](O)CNCCOc3ccc4c(c3)[nH]c3ccccc34)cc21. The van der Waals surface area contributed by atoms with Crippen molar-refractivity contribution in [2.24, 2.45) is 0 Å². The van der Waals surface area contributed by atoms with Gasteiger partial charge < -0.3 is 24.9 Å². The summed E-state index contributed by atoms with van der Waals surface area (Å²) in [5, 5.41) is 16.1. The van der Waals surface area contributed by atoms with Crippen LogP contribution in [0.3, 0.4) is 0 Å². The van der Waals surface area contributed by atoms with E-state index in [2.05, 4.69) is 16.4 Å². The Hall–Kier alpha value is -3.64. The van der Waals surface area contributed by atoms with Crippen molar-refractivity contribution in [1.29, 1.82) is 0 Å². The normalized spacial score (nSPS) is 14.7. The van der Waals surface area contributed by atoms with Gasteiger partial charge in [-0.3, -0.25) is 4.79 Å². The lowest BCUT2D eigenvalue weighted by Crippen LogP contribution is -2.48. The summed E-state index contributed by atoms with van der Waals surface area (Å²) in [7, 11) is -1.36. The molecule has 11 heteroatoms. The van der Waals surface area contributed by atoms with Gasteiger partial charge in [0.05, 0.1) is 11.6 Å². The predicted octanol–water partition coefficient (Wildman–Crippen LogP) is 2.55. The van der Waals surface area contributed by atoms with Crippen molar-refractivity contribution in [3.05, 3.63) is 66.2 Å². The zero-order valence-electron chi connectivity index (χ0n) is 20.5. The number of aliphatic hydroxyl groups excluding tert-OH is 1. The number of aromatic nitrogens is 1. The summed E-state index contributed by atoms with van der Waals surface area (Å²) in [5.74, 6) is 0.297. The highest BCUT2D eigenvalue weighted by molar-refractivity contribution is 7.91. The van der Waals surface area contributed by atoms with Crippen LogP contribution in [0, 0.1) is 0 Å². The van der Waals surface area contributed by atoms with E-state index in [1.807, 2.05) is 36.4 Å². The van der Waals surface area contributed by atoms with Crippen LogP contribution in [0.4, 0.5) is 5.69 Å². The van der Waals surface area contributed by atoms with Crippen LogP contribution in [0.1, 0.15) is 11.7 Å². The average molecular weight is 525 g/mol. The van der Waals surface area contributed by atoms with Crippen molar-refractivity contribution >= 4 is 43.6 Å². The van der Waals surface area contributed by atoms with Gasteiger partial charge >= 0.3 is 10.2 Å². The van der Waals surface area contributed by atoms with Crippen molar-refractivity contribution < 1.29 is 27.8 Å². The fourth-order valence-corrected chi connectivity index (χ4v) is 5.32. The number of H-pyrrole nitrogens is 1. The minimum atomic E-state index is -4.06. The molecule has 194 valence electrons. The Kier molecular flexibility index (Phi) is 6.78. The van der Waals surface area contributed by atoms with Gasteiger partial charge in [0.15, 0.2) is 6.61 Å². The molecule has 2 heterocycles. The van der Waals surface area contributed by atoms with Crippen molar-refractivity contribution in [3.8, 4) is 11.5 Å². The highest BCUT2D eigenvalue weighted by Crippen LogP contribution is 2.36. The molecule has 0 fully saturated rings. The molecule has 1 amide bonds. The van der Waals surface area contributed by atoms with Crippen LogP contribution in [0.5, 0.6) is 11.5 Å². The number of benzene rings is 3. The largest absolute Gasteiger partial charge is 0.492 e. The van der Waals surface area contributed by atoms with E-state index >= 15 is 0 Å². The number of ether oxygens (including phenoxy) is 2. The summed E-state index contributed by atoms with van der Waals surface area (Å²) in [6.45, 7) is 0.699. The number of fused-ring (bicyclic) bond motifs is 4. The summed E-state index contributed by atoms with van der Waals surface area (Å²) in [4.78, 5) is 15.8. The van der Waals surface area contributed by atoms with Crippen molar-refractivity contribution in [2.75, 3.05) is 44.7 Å². The number of rotatable bonds is 9. The fourth-order valence-electron chi connectivity index (χ4n) is 4.29. The Labute approximate surface area is 214 Å². The zero-order chi connectivity index (χ0) is 26.2. The van der Waals surface area contributed by atoms with Crippen molar-refractivity contribution in [3.63, 3.8) is 0 Å². The first-order valence-corrected chi connectivity index (χ1v) is 13.2. The number of carbonyl (C=O) groups is 1. The fraction of sp³-hybridized carbons (Fsp3) is 0.269. The molecule has 0 saturated heterocycles. The molecule has 0 spiro atoms. The quantitative estimate of drug-likeness (QED) is 0.288. The molecule has 0 unspecified atom stereocenters. The standard InChI is InChI=1S/C26H28N4O6S/c1-29(2)37(33,34)30-23-13-17(7-10-25(23)36-16-26(30)32)24(31)15-27-11-12-35-18-8-9-20-19-5-3-4-6-21(19)28-22(20)14-18/h3-10,13-14,24,27-28,31H,11-12,15-16H2,1-2H3/t24-/m0/s1. The minimum absolute atomic E-state index is 0.0807. The molecule has 5 rings (SSSR count). The van der Waals surface area contributed by atoms with Crippen LogP contribution < -0.4 is 19.1 Å². The number of aromatic amines is 1. The van der Waals surface area contributed by atoms with E-state index in [0.717, 1.165) is 26.5 Å². The number of anilines is 1. The molecule has 3 N–H and O–H groups in total. The van der Waals surface area contributed by atoms with Gasteiger partial charge in [-0.1, -0.05) is 24.3 Å². The van der Waals surface area contributed by atoms with Crippen LogP contribution in [-0.4, -0.2) is 69.1 Å². The first kappa shape index (κ1) is 25.0. The highest BCUT2D eigenvalue weighted by atomic mass is 32.2. The maximum Gasteiger partial charge on any atom is 0.310 e. The summed E-state index contributed by atoms with van der Waals surface area (Å²) < 4.78 is 38.3. The summed E-state index contributed by atoms with van der Waals surface area (Å²) in [5.41, 5.74) is 2.61. The van der Waals surface area contributed by atoms with Crippen molar-refractivity contribution in [1.82, 2.24) is 14.6 Å². The second kappa shape index (κ2) is 10.0. The van der Waals surface area contributed by atoms with Gasteiger partial charge in [-0.25, -0.2) is 0 Å². The number of carbonyl (C=O) groups excluding carboxylic acids is 1. The topological polar surface area (TPSA) is 124 Å². The number of nitrogens with one attached hydrogen (secondary N) is 2. The van der Waals surface area contributed by atoms with E-state index in [1.165, 1.54) is 25.5 Å². The molecule has 0 bridgehead atoms. The first-order valence-electron chi connectivity index (χ1n) is 11.8. The molecule has 37 heavy (non-hydrogen) atoms.